The topological polar surface area (TPSA) is 77.1 Å². The van der Waals surface area contributed by atoms with Crippen molar-refractivity contribution >= 4 is 27.5 Å². The van der Waals surface area contributed by atoms with E-state index in [-0.39, 0.29) is 29.6 Å². The molecule has 0 spiro atoms. The molecule has 0 fully saturated rings. The van der Waals surface area contributed by atoms with Crippen LogP contribution >= 0.6 is 0 Å². The zero-order valence-electron chi connectivity index (χ0n) is 15.4. The van der Waals surface area contributed by atoms with Crippen LogP contribution in [0.2, 0.25) is 0 Å². The Morgan fingerprint density at radius 2 is 1.69 bits per heavy atom. The lowest BCUT2D eigenvalue weighted by molar-refractivity contribution is 0.279. The van der Waals surface area contributed by atoms with Gasteiger partial charge in [-0.3, -0.25) is 14.2 Å². The number of allylic oxidation sites excluding steroid dienone is 4. The molecule has 1 aliphatic carbocycles. The van der Waals surface area contributed by atoms with Gasteiger partial charge < -0.3 is 9.67 Å². The maximum absolute atomic E-state index is 13.6. The number of aliphatic hydroxyl groups is 1. The maximum Gasteiger partial charge on any atom is 0.271 e. The molecule has 0 unspecified atom stereocenters. The molecule has 29 heavy (non-hydrogen) atoms. The molecule has 1 N–H and O–H groups in total. The first kappa shape index (κ1) is 17.3. The molecule has 0 atom stereocenters. The lowest BCUT2D eigenvalue weighted by atomic mass is 10.1. The Kier molecular flexibility index (Phi) is 4.00. The number of hydrogen-bond donors (Lipinski definition) is 1. The lowest BCUT2D eigenvalue weighted by Gasteiger charge is -2.19. The first-order valence-corrected chi connectivity index (χ1v) is 9.34. The predicted molar refractivity (Wildman–Crippen MR) is 113 cm³/mol. The van der Waals surface area contributed by atoms with Gasteiger partial charge >= 0.3 is 0 Å². The second-order valence-corrected chi connectivity index (χ2v) is 6.81. The molecular weight excluding hydrogens is 366 g/mol. The van der Waals surface area contributed by atoms with Gasteiger partial charge in [0.25, 0.3) is 5.56 Å². The first-order valence-electron chi connectivity index (χ1n) is 9.34. The Morgan fingerprint density at radius 3 is 2.38 bits per heavy atom. The molecule has 142 valence electrons. The summed E-state index contributed by atoms with van der Waals surface area (Å²) in [5.41, 5.74) is 1.62. The monoisotopic (exact) mass is 383 g/mol. The Balaban J connectivity index is 2.01. The van der Waals surface area contributed by atoms with Crippen LogP contribution in [0, 0.1) is 0 Å². The van der Waals surface area contributed by atoms with Crippen LogP contribution in [-0.4, -0.2) is 25.8 Å². The molecular formula is C23H17N3O3. The molecule has 0 radical (unpaired) electrons. The van der Waals surface area contributed by atoms with Gasteiger partial charge in [-0.2, -0.15) is 0 Å². The summed E-state index contributed by atoms with van der Waals surface area (Å²) >= 11 is 0. The van der Waals surface area contributed by atoms with Gasteiger partial charge in [0.1, 0.15) is 11.2 Å². The molecule has 2 heterocycles. The van der Waals surface area contributed by atoms with Crippen LogP contribution in [0.5, 0.6) is 0 Å². The van der Waals surface area contributed by atoms with Crippen LogP contribution in [0.15, 0.2) is 82.4 Å². The summed E-state index contributed by atoms with van der Waals surface area (Å²) in [6, 6.07) is 16.3. The Hall–Kier alpha value is -3.77. The third-order valence-corrected chi connectivity index (χ3v) is 5.13. The van der Waals surface area contributed by atoms with E-state index in [1.54, 1.807) is 22.8 Å². The number of pyridine rings is 1. The van der Waals surface area contributed by atoms with Crippen LogP contribution in [0.4, 0.5) is 0 Å². The Bertz CT molecular complexity index is 1440. The SMILES string of the molecule is O=c1c2ccccc2n(CCO)c2nc(C3=CC=C3)n(-c3ccccc3)c(=O)c12. The minimum atomic E-state index is -0.417. The Labute approximate surface area is 165 Å². The van der Waals surface area contributed by atoms with Crippen molar-refractivity contribution in [2.45, 2.75) is 6.54 Å². The normalized spacial score (nSPS) is 12.9. The van der Waals surface area contributed by atoms with Crippen molar-refractivity contribution in [3.8, 4) is 5.69 Å². The van der Waals surface area contributed by atoms with E-state index in [2.05, 4.69) is 0 Å². The summed E-state index contributed by atoms with van der Waals surface area (Å²) in [5.74, 6) is 0.470. The highest BCUT2D eigenvalue weighted by atomic mass is 16.3. The van der Waals surface area contributed by atoms with Gasteiger partial charge in [0.15, 0.2) is 5.65 Å². The number of para-hydroxylation sites is 2. The molecule has 0 saturated carbocycles. The zero-order chi connectivity index (χ0) is 20.0. The highest BCUT2D eigenvalue weighted by molar-refractivity contribution is 5.92. The Morgan fingerprint density at radius 1 is 0.966 bits per heavy atom. The van der Waals surface area contributed by atoms with Gasteiger partial charge in [-0.15, -0.1) is 0 Å². The fourth-order valence-corrected chi connectivity index (χ4v) is 3.73. The second-order valence-electron chi connectivity index (χ2n) is 6.81. The largest absolute Gasteiger partial charge is 0.395 e. The standard InChI is InChI=1S/C23H17N3O3/c27-14-13-25-18-12-5-4-11-17(18)20(28)19-22(25)24-21(15-7-6-8-15)26(23(19)29)16-9-2-1-3-10-16/h1-12,27H,13-14H2. The summed E-state index contributed by atoms with van der Waals surface area (Å²) in [4.78, 5) is 31.6. The molecule has 0 saturated heterocycles. The fraction of sp³-hybridized carbons (Fsp3) is 0.0870. The molecule has 4 aromatic rings. The molecule has 0 bridgehead atoms. The average molecular weight is 383 g/mol. The lowest BCUT2D eigenvalue weighted by Crippen LogP contribution is -2.30. The van der Waals surface area contributed by atoms with E-state index in [0.29, 0.717) is 22.4 Å². The van der Waals surface area contributed by atoms with E-state index in [0.717, 1.165) is 5.57 Å². The van der Waals surface area contributed by atoms with Crippen LogP contribution < -0.4 is 11.0 Å². The summed E-state index contributed by atoms with van der Waals surface area (Å²) < 4.78 is 3.23. The van der Waals surface area contributed by atoms with Gasteiger partial charge in [-0.05, 0) is 24.3 Å². The minimum Gasteiger partial charge on any atom is -0.395 e. The van der Waals surface area contributed by atoms with Crippen molar-refractivity contribution in [1.29, 1.82) is 0 Å². The van der Waals surface area contributed by atoms with E-state index in [4.69, 9.17) is 4.98 Å². The highest BCUT2D eigenvalue weighted by Gasteiger charge is 2.21. The fourth-order valence-electron chi connectivity index (χ4n) is 3.73. The quantitative estimate of drug-likeness (QED) is 0.550. The van der Waals surface area contributed by atoms with Crippen LogP contribution in [0.1, 0.15) is 5.82 Å². The van der Waals surface area contributed by atoms with E-state index < -0.39 is 5.56 Å². The average Bonchev–Trinajstić information content (AvgIpc) is 2.70. The van der Waals surface area contributed by atoms with E-state index in [1.165, 1.54) is 4.57 Å². The number of aromatic nitrogens is 3. The van der Waals surface area contributed by atoms with Crippen LogP contribution in [0.25, 0.3) is 33.2 Å². The summed E-state index contributed by atoms with van der Waals surface area (Å²) in [6.07, 6.45) is 5.63. The minimum absolute atomic E-state index is 0.0219. The number of hydrogen-bond acceptors (Lipinski definition) is 4. The van der Waals surface area contributed by atoms with E-state index >= 15 is 0 Å². The van der Waals surface area contributed by atoms with Crippen LogP contribution in [-0.2, 0) is 6.54 Å². The van der Waals surface area contributed by atoms with Gasteiger partial charge in [0.05, 0.1) is 17.8 Å². The van der Waals surface area contributed by atoms with Gasteiger partial charge in [-0.1, -0.05) is 48.6 Å². The van der Waals surface area contributed by atoms with E-state index in [1.807, 2.05) is 54.6 Å². The predicted octanol–water partition coefficient (Wildman–Crippen LogP) is 2.65. The summed E-state index contributed by atoms with van der Waals surface area (Å²) in [6.45, 7) is 0.0940. The number of fused-ring (bicyclic) bond motifs is 2. The van der Waals surface area contributed by atoms with Crippen molar-refractivity contribution in [1.82, 2.24) is 14.1 Å². The highest BCUT2D eigenvalue weighted by Crippen LogP contribution is 2.24. The van der Waals surface area contributed by atoms with Crippen molar-refractivity contribution in [3.63, 3.8) is 0 Å². The molecule has 0 aliphatic heterocycles. The first-order chi connectivity index (χ1) is 14.2. The van der Waals surface area contributed by atoms with Gasteiger partial charge in [-0.25, -0.2) is 4.98 Å². The van der Waals surface area contributed by atoms with E-state index in [9.17, 15) is 14.7 Å². The molecule has 2 aromatic carbocycles. The maximum atomic E-state index is 13.6. The summed E-state index contributed by atoms with van der Waals surface area (Å²) in [7, 11) is 0. The molecule has 2 aromatic heterocycles. The number of benzene rings is 2. The smallest absolute Gasteiger partial charge is 0.271 e. The van der Waals surface area contributed by atoms with Gasteiger partial charge in [0.2, 0.25) is 5.43 Å². The second kappa shape index (κ2) is 6.68. The number of rotatable bonds is 4. The van der Waals surface area contributed by atoms with Gasteiger partial charge in [0, 0.05) is 17.5 Å². The molecule has 1 aliphatic rings. The summed E-state index contributed by atoms with van der Waals surface area (Å²) in [5, 5.41) is 10.1. The third-order valence-electron chi connectivity index (χ3n) is 5.13. The molecule has 0 amide bonds. The molecule has 6 heteroatoms. The van der Waals surface area contributed by atoms with Crippen molar-refractivity contribution in [3.05, 3.63) is 99.2 Å². The van der Waals surface area contributed by atoms with Crippen LogP contribution in [0.3, 0.4) is 0 Å². The number of aliphatic hydroxyl groups excluding tert-OH is 1. The van der Waals surface area contributed by atoms with Crippen molar-refractivity contribution < 1.29 is 5.11 Å². The third kappa shape index (κ3) is 2.57. The molecule has 5 rings (SSSR count). The zero-order valence-corrected chi connectivity index (χ0v) is 15.4. The van der Waals surface area contributed by atoms with Crippen molar-refractivity contribution in [2.24, 2.45) is 0 Å². The van der Waals surface area contributed by atoms with Crippen molar-refractivity contribution in [2.75, 3.05) is 6.61 Å². The molecule has 6 nitrogen and oxygen atoms in total. The number of nitrogens with zero attached hydrogens (tertiary/aromatic N) is 3.